The molecule has 96 valence electrons. The summed E-state index contributed by atoms with van der Waals surface area (Å²) in [4.78, 5) is 2.34. The average molecular weight is 274 g/mol. The Hall–Kier alpha value is -0.240. The molecular weight excluding hydrogens is 253 g/mol. The summed E-state index contributed by atoms with van der Waals surface area (Å²) in [7, 11) is 2.15. The summed E-state index contributed by atoms with van der Waals surface area (Å²) in [5.41, 5.74) is 1.20. The van der Waals surface area contributed by atoms with Crippen molar-refractivity contribution in [3.05, 3.63) is 34.9 Å². The van der Waals surface area contributed by atoms with Gasteiger partial charge in [-0.15, -0.1) is 11.6 Å². The maximum atomic E-state index is 6.20. The molecule has 0 fully saturated rings. The molecule has 1 unspecified atom stereocenters. The summed E-state index contributed by atoms with van der Waals surface area (Å²) in [6, 6.07) is 8.43. The van der Waals surface area contributed by atoms with Crippen LogP contribution in [0.1, 0.15) is 37.8 Å². The molecule has 0 spiro atoms. The van der Waals surface area contributed by atoms with Gasteiger partial charge >= 0.3 is 0 Å². The predicted molar refractivity (Wildman–Crippen MR) is 77.1 cm³/mol. The van der Waals surface area contributed by atoms with Crippen LogP contribution in [0.5, 0.6) is 0 Å². The summed E-state index contributed by atoms with van der Waals surface area (Å²) < 4.78 is 0. The molecule has 0 amide bonds. The van der Waals surface area contributed by atoms with Gasteiger partial charge in [-0.2, -0.15) is 0 Å². The Labute approximate surface area is 115 Å². The van der Waals surface area contributed by atoms with Gasteiger partial charge in [0.2, 0.25) is 0 Å². The Morgan fingerprint density at radius 3 is 2.53 bits per heavy atom. The minimum absolute atomic E-state index is 0.361. The molecule has 1 aromatic carbocycles. The van der Waals surface area contributed by atoms with Gasteiger partial charge in [0.1, 0.15) is 0 Å². The van der Waals surface area contributed by atoms with Gasteiger partial charge in [0.25, 0.3) is 0 Å². The van der Waals surface area contributed by atoms with Crippen LogP contribution < -0.4 is 0 Å². The Kier molecular flexibility index (Phi) is 6.94. The van der Waals surface area contributed by atoms with Gasteiger partial charge in [-0.05, 0) is 45.0 Å². The number of benzene rings is 1. The average Bonchev–Trinajstić information content (AvgIpc) is 2.34. The monoisotopic (exact) mass is 273 g/mol. The van der Waals surface area contributed by atoms with Crippen molar-refractivity contribution < 1.29 is 0 Å². The number of hydrogen-bond acceptors (Lipinski definition) is 1. The fourth-order valence-corrected chi connectivity index (χ4v) is 2.36. The minimum Gasteiger partial charge on any atom is -0.300 e. The smallest absolute Gasteiger partial charge is 0.0453 e. The largest absolute Gasteiger partial charge is 0.300 e. The van der Waals surface area contributed by atoms with Gasteiger partial charge in [-0.3, -0.25) is 4.90 Å². The van der Waals surface area contributed by atoms with Crippen LogP contribution in [0.2, 0.25) is 5.02 Å². The van der Waals surface area contributed by atoms with Gasteiger partial charge in [0, 0.05) is 16.9 Å². The molecular formula is C14H21Cl2N. The topological polar surface area (TPSA) is 3.24 Å². The fourth-order valence-electron chi connectivity index (χ4n) is 1.88. The zero-order chi connectivity index (χ0) is 12.7. The first-order valence-corrected chi connectivity index (χ1v) is 7.08. The van der Waals surface area contributed by atoms with E-state index in [9.17, 15) is 0 Å². The van der Waals surface area contributed by atoms with Gasteiger partial charge < -0.3 is 0 Å². The molecule has 0 radical (unpaired) electrons. The lowest BCUT2D eigenvalue weighted by Gasteiger charge is -2.25. The predicted octanol–water partition coefficient (Wildman–Crippen LogP) is 4.74. The van der Waals surface area contributed by atoms with Crippen LogP contribution in [-0.4, -0.2) is 24.4 Å². The Balaban J connectivity index is 2.46. The lowest BCUT2D eigenvalue weighted by Crippen LogP contribution is -2.23. The second-order valence-corrected chi connectivity index (χ2v) is 5.21. The maximum Gasteiger partial charge on any atom is 0.0453 e. The van der Waals surface area contributed by atoms with Crippen LogP contribution in [0.15, 0.2) is 24.3 Å². The molecule has 17 heavy (non-hydrogen) atoms. The molecule has 1 rings (SSSR count). The molecule has 0 aliphatic rings. The van der Waals surface area contributed by atoms with Gasteiger partial charge in [-0.25, -0.2) is 0 Å². The van der Waals surface area contributed by atoms with Crippen LogP contribution in [0.3, 0.4) is 0 Å². The van der Waals surface area contributed by atoms with E-state index in [1.807, 2.05) is 18.2 Å². The standard InChI is InChI=1S/C14H21Cl2N/c1-12(13-8-4-5-9-14(13)16)17(2)11-7-3-6-10-15/h4-5,8-9,12H,3,6-7,10-11H2,1-2H3. The van der Waals surface area contributed by atoms with E-state index in [0.717, 1.165) is 23.9 Å². The molecule has 0 aliphatic carbocycles. The van der Waals surface area contributed by atoms with E-state index in [-0.39, 0.29) is 0 Å². The van der Waals surface area contributed by atoms with Crippen LogP contribution in [-0.2, 0) is 0 Å². The molecule has 1 nitrogen and oxygen atoms in total. The zero-order valence-electron chi connectivity index (χ0n) is 10.6. The van der Waals surface area contributed by atoms with E-state index in [1.54, 1.807) is 0 Å². The highest BCUT2D eigenvalue weighted by molar-refractivity contribution is 6.31. The van der Waals surface area contributed by atoms with Crippen molar-refractivity contribution in [2.75, 3.05) is 19.5 Å². The molecule has 0 N–H and O–H groups in total. The van der Waals surface area contributed by atoms with E-state index < -0.39 is 0 Å². The first-order chi connectivity index (χ1) is 8.16. The lowest BCUT2D eigenvalue weighted by atomic mass is 10.1. The number of nitrogens with zero attached hydrogens (tertiary/aromatic N) is 1. The van der Waals surface area contributed by atoms with Crippen molar-refractivity contribution in [1.82, 2.24) is 4.90 Å². The van der Waals surface area contributed by atoms with Crippen LogP contribution in [0.25, 0.3) is 0 Å². The minimum atomic E-state index is 0.361. The molecule has 0 heterocycles. The van der Waals surface area contributed by atoms with Crippen molar-refractivity contribution >= 4 is 23.2 Å². The van der Waals surface area contributed by atoms with Crippen molar-refractivity contribution in [1.29, 1.82) is 0 Å². The first-order valence-electron chi connectivity index (χ1n) is 6.17. The SMILES string of the molecule is CC(c1ccccc1Cl)N(C)CCCCCCl. The second-order valence-electron chi connectivity index (χ2n) is 4.43. The zero-order valence-corrected chi connectivity index (χ0v) is 12.1. The third kappa shape index (κ3) is 4.87. The Morgan fingerprint density at radius 1 is 1.18 bits per heavy atom. The van der Waals surface area contributed by atoms with E-state index in [1.165, 1.54) is 18.4 Å². The second kappa shape index (κ2) is 7.97. The number of unbranched alkanes of at least 4 members (excludes halogenated alkanes) is 2. The molecule has 0 saturated carbocycles. The molecule has 1 aromatic rings. The summed E-state index contributed by atoms with van der Waals surface area (Å²) in [5, 5.41) is 0.854. The van der Waals surface area contributed by atoms with Crippen LogP contribution in [0, 0.1) is 0 Å². The Bertz CT molecular complexity index is 328. The molecule has 1 atom stereocenters. The summed E-state index contributed by atoms with van der Waals surface area (Å²) >= 11 is 11.9. The quantitative estimate of drug-likeness (QED) is 0.512. The molecule has 0 bridgehead atoms. The van der Waals surface area contributed by atoms with Crippen molar-refractivity contribution in [3.8, 4) is 0 Å². The van der Waals surface area contributed by atoms with Gasteiger partial charge in [-0.1, -0.05) is 36.2 Å². The highest BCUT2D eigenvalue weighted by Gasteiger charge is 2.13. The van der Waals surface area contributed by atoms with E-state index >= 15 is 0 Å². The third-order valence-corrected chi connectivity index (χ3v) is 3.77. The highest BCUT2D eigenvalue weighted by atomic mass is 35.5. The van der Waals surface area contributed by atoms with E-state index in [0.29, 0.717) is 6.04 Å². The Morgan fingerprint density at radius 2 is 1.88 bits per heavy atom. The number of rotatable bonds is 7. The number of alkyl halides is 1. The van der Waals surface area contributed by atoms with Crippen molar-refractivity contribution in [3.63, 3.8) is 0 Å². The van der Waals surface area contributed by atoms with E-state index in [2.05, 4.69) is 24.9 Å². The van der Waals surface area contributed by atoms with Crippen LogP contribution in [0.4, 0.5) is 0 Å². The van der Waals surface area contributed by atoms with Gasteiger partial charge in [0.15, 0.2) is 0 Å². The third-order valence-electron chi connectivity index (χ3n) is 3.16. The van der Waals surface area contributed by atoms with Crippen LogP contribution >= 0.6 is 23.2 Å². The molecule has 0 aromatic heterocycles. The lowest BCUT2D eigenvalue weighted by molar-refractivity contribution is 0.256. The maximum absolute atomic E-state index is 6.20. The molecule has 0 aliphatic heterocycles. The molecule has 0 saturated heterocycles. The first kappa shape index (κ1) is 14.8. The highest BCUT2D eigenvalue weighted by Crippen LogP contribution is 2.26. The summed E-state index contributed by atoms with van der Waals surface area (Å²) in [6.45, 7) is 3.28. The number of hydrogen-bond donors (Lipinski definition) is 0. The summed E-state index contributed by atoms with van der Waals surface area (Å²) in [5.74, 6) is 0.768. The molecule has 3 heteroatoms. The fraction of sp³-hybridized carbons (Fsp3) is 0.571. The van der Waals surface area contributed by atoms with Crippen molar-refractivity contribution in [2.45, 2.75) is 32.2 Å². The van der Waals surface area contributed by atoms with E-state index in [4.69, 9.17) is 23.2 Å². The van der Waals surface area contributed by atoms with Gasteiger partial charge in [0.05, 0.1) is 0 Å². The summed E-state index contributed by atoms with van der Waals surface area (Å²) in [6.07, 6.45) is 3.50. The normalized spacial score (nSPS) is 13.0. The number of halogens is 2. The van der Waals surface area contributed by atoms with Crippen molar-refractivity contribution in [2.24, 2.45) is 0 Å².